The molecule has 1 aromatic heterocycles. The van der Waals surface area contributed by atoms with Crippen LogP contribution in [0.3, 0.4) is 0 Å². The molecule has 0 fully saturated rings. The van der Waals surface area contributed by atoms with Crippen LogP contribution in [0, 0.1) is 11.3 Å². The van der Waals surface area contributed by atoms with Gasteiger partial charge in [0.1, 0.15) is 0 Å². The number of halogens is 1. The van der Waals surface area contributed by atoms with Crippen LogP contribution in [0.5, 0.6) is 0 Å². The van der Waals surface area contributed by atoms with Crippen LogP contribution in [-0.2, 0) is 13.0 Å². The highest BCUT2D eigenvalue weighted by Gasteiger charge is 2.18. The molecule has 3 rings (SSSR count). The minimum absolute atomic E-state index is 0.704. The Labute approximate surface area is 119 Å². The average Bonchev–Trinajstić information content (AvgIpc) is 2.85. The summed E-state index contributed by atoms with van der Waals surface area (Å²) >= 11 is 5.31. The van der Waals surface area contributed by atoms with Gasteiger partial charge in [0.15, 0.2) is 0 Å². The van der Waals surface area contributed by atoms with Crippen LogP contribution in [0.15, 0.2) is 34.1 Å². The molecule has 0 N–H and O–H groups in total. The van der Waals surface area contributed by atoms with Crippen LogP contribution in [0.4, 0.5) is 5.69 Å². The summed E-state index contributed by atoms with van der Waals surface area (Å²) in [5.74, 6) is 0. The van der Waals surface area contributed by atoms with Gasteiger partial charge in [-0.3, -0.25) is 0 Å². The summed E-state index contributed by atoms with van der Waals surface area (Å²) in [6.07, 6.45) is 1.10. The first-order valence-corrected chi connectivity index (χ1v) is 7.44. The molecule has 0 unspecified atom stereocenters. The van der Waals surface area contributed by atoms with E-state index in [9.17, 15) is 0 Å². The zero-order valence-electron chi connectivity index (χ0n) is 9.69. The van der Waals surface area contributed by atoms with Gasteiger partial charge < -0.3 is 4.90 Å². The fourth-order valence-corrected chi connectivity index (χ4v) is 3.66. The van der Waals surface area contributed by atoms with Crippen LogP contribution < -0.4 is 4.90 Å². The monoisotopic (exact) mass is 318 g/mol. The minimum atomic E-state index is 0.704. The molecule has 90 valence electrons. The summed E-state index contributed by atoms with van der Waals surface area (Å²) in [4.78, 5) is 3.84. The largest absolute Gasteiger partial charge is 0.367 e. The van der Waals surface area contributed by atoms with E-state index in [2.05, 4.69) is 44.4 Å². The highest BCUT2D eigenvalue weighted by atomic mass is 79.9. The molecule has 1 aliphatic heterocycles. The quantitative estimate of drug-likeness (QED) is 0.796. The fraction of sp³-hybridized carbons (Fsp3) is 0.214. The van der Waals surface area contributed by atoms with Gasteiger partial charge in [-0.2, -0.15) is 5.26 Å². The normalized spacial score (nSPS) is 14.1. The molecule has 0 bridgehead atoms. The van der Waals surface area contributed by atoms with Crippen molar-refractivity contribution in [3.63, 3.8) is 0 Å². The van der Waals surface area contributed by atoms with Crippen LogP contribution >= 0.6 is 27.3 Å². The first-order valence-electron chi connectivity index (χ1n) is 5.77. The van der Waals surface area contributed by atoms with Crippen molar-refractivity contribution >= 4 is 33.0 Å². The molecule has 2 nitrogen and oxygen atoms in total. The molecule has 2 aromatic rings. The van der Waals surface area contributed by atoms with Gasteiger partial charge in [0.25, 0.3) is 0 Å². The number of nitriles is 1. The Morgan fingerprint density at radius 3 is 3.06 bits per heavy atom. The highest BCUT2D eigenvalue weighted by molar-refractivity contribution is 9.10. The number of anilines is 1. The third-order valence-electron chi connectivity index (χ3n) is 3.18. The molecule has 1 aliphatic rings. The Hall–Kier alpha value is -1.31. The summed E-state index contributed by atoms with van der Waals surface area (Å²) in [6, 6.07) is 10.3. The smallest absolute Gasteiger partial charge is 0.0992 e. The summed E-state index contributed by atoms with van der Waals surface area (Å²) in [7, 11) is 0. The molecule has 0 amide bonds. The summed E-state index contributed by atoms with van der Waals surface area (Å²) in [5.41, 5.74) is 3.25. The molecule has 4 heteroatoms. The Morgan fingerprint density at radius 2 is 2.22 bits per heavy atom. The van der Waals surface area contributed by atoms with E-state index in [1.807, 2.05) is 23.5 Å². The molecule has 0 saturated heterocycles. The number of fused-ring (bicyclic) bond motifs is 1. The Morgan fingerprint density at radius 1 is 1.33 bits per heavy atom. The van der Waals surface area contributed by atoms with Gasteiger partial charge in [-0.05, 0) is 41.6 Å². The van der Waals surface area contributed by atoms with Crippen molar-refractivity contribution in [2.45, 2.75) is 13.0 Å². The highest BCUT2D eigenvalue weighted by Crippen LogP contribution is 2.29. The predicted octanol–water partition coefficient (Wildman–Crippen LogP) is 3.94. The second kappa shape index (κ2) is 4.75. The molecular weight excluding hydrogens is 308 g/mol. The maximum atomic E-state index is 9.02. The lowest BCUT2D eigenvalue weighted by Gasteiger charge is -2.29. The van der Waals surface area contributed by atoms with Gasteiger partial charge in [-0.25, -0.2) is 0 Å². The predicted molar refractivity (Wildman–Crippen MR) is 77.9 cm³/mol. The Balaban J connectivity index is 1.93. The number of thiophene rings is 1. The van der Waals surface area contributed by atoms with E-state index in [1.54, 1.807) is 0 Å². The Bertz CT molecular complexity index is 627. The van der Waals surface area contributed by atoms with E-state index in [1.165, 1.54) is 10.4 Å². The van der Waals surface area contributed by atoms with Gasteiger partial charge in [0, 0.05) is 28.1 Å². The number of hydrogen-bond acceptors (Lipinski definition) is 3. The summed E-state index contributed by atoms with van der Waals surface area (Å²) in [5, 5.41) is 11.2. The van der Waals surface area contributed by atoms with Gasteiger partial charge in [0.05, 0.1) is 11.6 Å². The van der Waals surface area contributed by atoms with Crippen molar-refractivity contribution in [1.29, 1.82) is 5.26 Å². The number of nitrogens with zero attached hydrogens (tertiary/aromatic N) is 2. The minimum Gasteiger partial charge on any atom is -0.367 e. The molecule has 0 saturated carbocycles. The van der Waals surface area contributed by atoms with Crippen molar-refractivity contribution in [1.82, 2.24) is 0 Å². The first kappa shape index (κ1) is 11.8. The van der Waals surface area contributed by atoms with E-state index < -0.39 is 0 Å². The second-order valence-corrected chi connectivity index (χ2v) is 6.27. The maximum Gasteiger partial charge on any atom is 0.0992 e. The maximum absolute atomic E-state index is 9.02. The average molecular weight is 319 g/mol. The number of benzene rings is 1. The Kier molecular flexibility index (Phi) is 3.11. The number of rotatable bonds is 1. The lowest BCUT2D eigenvalue weighted by atomic mass is 10.1. The number of hydrogen-bond donors (Lipinski definition) is 0. The van der Waals surface area contributed by atoms with Gasteiger partial charge in [-0.15, -0.1) is 11.3 Å². The molecule has 0 radical (unpaired) electrons. The third-order valence-corrected chi connectivity index (χ3v) is 4.67. The fourth-order valence-electron chi connectivity index (χ4n) is 2.29. The molecule has 0 spiro atoms. The zero-order valence-corrected chi connectivity index (χ0v) is 12.1. The van der Waals surface area contributed by atoms with Crippen molar-refractivity contribution in [2.24, 2.45) is 0 Å². The van der Waals surface area contributed by atoms with E-state index in [4.69, 9.17) is 5.26 Å². The van der Waals surface area contributed by atoms with Crippen molar-refractivity contribution in [3.8, 4) is 6.07 Å². The molecule has 18 heavy (non-hydrogen) atoms. The van der Waals surface area contributed by atoms with E-state index in [-0.39, 0.29) is 0 Å². The lowest BCUT2D eigenvalue weighted by Crippen LogP contribution is -2.29. The topological polar surface area (TPSA) is 27.0 Å². The van der Waals surface area contributed by atoms with E-state index in [0.29, 0.717) is 5.56 Å². The molecular formula is C14H11BrN2S. The summed E-state index contributed by atoms with van der Waals surface area (Å²) in [6.45, 7) is 1.97. The standard InChI is InChI=1S/C14H11BrN2S/c15-12-5-10(8-16)6-13(7-12)17-3-1-14-11(9-17)2-4-18-14/h2,4-7H,1,3,9H2. The third kappa shape index (κ3) is 2.16. The van der Waals surface area contributed by atoms with Crippen LogP contribution in [0.1, 0.15) is 16.0 Å². The van der Waals surface area contributed by atoms with E-state index in [0.717, 1.165) is 29.7 Å². The van der Waals surface area contributed by atoms with Gasteiger partial charge in [-0.1, -0.05) is 15.9 Å². The zero-order chi connectivity index (χ0) is 12.5. The van der Waals surface area contributed by atoms with Crippen molar-refractivity contribution in [2.75, 3.05) is 11.4 Å². The van der Waals surface area contributed by atoms with Crippen LogP contribution in [0.25, 0.3) is 0 Å². The van der Waals surface area contributed by atoms with Crippen molar-refractivity contribution in [3.05, 3.63) is 50.1 Å². The molecule has 2 heterocycles. The second-order valence-electron chi connectivity index (χ2n) is 4.35. The lowest BCUT2D eigenvalue weighted by molar-refractivity contribution is 0.743. The van der Waals surface area contributed by atoms with Crippen LogP contribution in [0.2, 0.25) is 0 Å². The van der Waals surface area contributed by atoms with Crippen LogP contribution in [-0.4, -0.2) is 6.54 Å². The van der Waals surface area contributed by atoms with E-state index >= 15 is 0 Å². The molecule has 0 atom stereocenters. The van der Waals surface area contributed by atoms with Gasteiger partial charge in [0.2, 0.25) is 0 Å². The molecule has 0 aliphatic carbocycles. The molecule has 1 aromatic carbocycles. The summed E-state index contributed by atoms with van der Waals surface area (Å²) < 4.78 is 0.965. The SMILES string of the molecule is N#Cc1cc(Br)cc(N2CCc3sccc3C2)c1. The van der Waals surface area contributed by atoms with Gasteiger partial charge >= 0.3 is 0 Å². The first-order chi connectivity index (χ1) is 8.76. The van der Waals surface area contributed by atoms with Crippen molar-refractivity contribution < 1.29 is 0 Å².